The maximum Gasteiger partial charge on any atom is 0.338 e. The standard InChI is InChI=1S/C13H11FN2O2/c14-11-5-10(6-12(15)7-11)13(17)18-8-9-1-3-16-4-2-9/h1-7H,8,15H2. The number of nitrogens with two attached hydrogens (primary N) is 1. The summed E-state index contributed by atoms with van der Waals surface area (Å²) in [7, 11) is 0. The monoisotopic (exact) mass is 246 g/mol. The fraction of sp³-hybridized carbons (Fsp3) is 0.0769. The Hall–Kier alpha value is -2.43. The van der Waals surface area contributed by atoms with Gasteiger partial charge in [-0.05, 0) is 35.9 Å². The first-order valence-electron chi connectivity index (χ1n) is 5.27. The van der Waals surface area contributed by atoms with Crippen LogP contribution in [0.2, 0.25) is 0 Å². The number of nitrogen functional groups attached to an aromatic ring is 1. The van der Waals surface area contributed by atoms with Crippen molar-refractivity contribution in [3.8, 4) is 0 Å². The first-order valence-corrected chi connectivity index (χ1v) is 5.27. The zero-order valence-corrected chi connectivity index (χ0v) is 9.47. The SMILES string of the molecule is Nc1cc(F)cc(C(=O)OCc2ccncc2)c1. The molecule has 0 aliphatic carbocycles. The van der Waals surface area contributed by atoms with E-state index in [1.54, 1.807) is 24.5 Å². The van der Waals surface area contributed by atoms with Gasteiger partial charge >= 0.3 is 5.97 Å². The summed E-state index contributed by atoms with van der Waals surface area (Å²) in [6.07, 6.45) is 3.20. The highest BCUT2D eigenvalue weighted by Gasteiger charge is 2.09. The van der Waals surface area contributed by atoms with E-state index in [0.29, 0.717) is 0 Å². The second-order valence-electron chi connectivity index (χ2n) is 3.70. The van der Waals surface area contributed by atoms with Crippen LogP contribution in [-0.2, 0) is 11.3 Å². The van der Waals surface area contributed by atoms with Crippen molar-refractivity contribution in [2.75, 3.05) is 5.73 Å². The van der Waals surface area contributed by atoms with Crippen LogP contribution in [0.4, 0.5) is 10.1 Å². The van der Waals surface area contributed by atoms with Crippen molar-refractivity contribution in [2.45, 2.75) is 6.61 Å². The van der Waals surface area contributed by atoms with E-state index in [0.717, 1.165) is 17.7 Å². The lowest BCUT2D eigenvalue weighted by Crippen LogP contribution is -2.06. The second-order valence-corrected chi connectivity index (χ2v) is 3.70. The van der Waals surface area contributed by atoms with E-state index in [2.05, 4.69) is 4.98 Å². The van der Waals surface area contributed by atoms with Gasteiger partial charge in [-0.25, -0.2) is 9.18 Å². The van der Waals surface area contributed by atoms with Crippen LogP contribution in [-0.4, -0.2) is 11.0 Å². The number of rotatable bonds is 3. The average Bonchev–Trinajstić information content (AvgIpc) is 2.36. The lowest BCUT2D eigenvalue weighted by molar-refractivity contribution is 0.0472. The summed E-state index contributed by atoms with van der Waals surface area (Å²) in [6, 6.07) is 7.06. The molecule has 0 aliphatic rings. The van der Waals surface area contributed by atoms with E-state index in [1.807, 2.05) is 0 Å². The number of ether oxygens (including phenoxy) is 1. The molecule has 0 spiro atoms. The van der Waals surface area contributed by atoms with Crippen LogP contribution in [0.15, 0.2) is 42.7 Å². The van der Waals surface area contributed by atoms with E-state index >= 15 is 0 Å². The van der Waals surface area contributed by atoms with Crippen LogP contribution in [0.1, 0.15) is 15.9 Å². The molecule has 5 heteroatoms. The molecule has 4 nitrogen and oxygen atoms in total. The minimum absolute atomic E-state index is 0.0987. The largest absolute Gasteiger partial charge is 0.457 e. The Labute approximate surface area is 103 Å². The smallest absolute Gasteiger partial charge is 0.338 e. The number of carbonyl (C=O) groups excluding carboxylic acids is 1. The van der Waals surface area contributed by atoms with Crippen molar-refractivity contribution < 1.29 is 13.9 Å². The van der Waals surface area contributed by atoms with Crippen LogP contribution in [0.3, 0.4) is 0 Å². The fourth-order valence-corrected chi connectivity index (χ4v) is 1.44. The van der Waals surface area contributed by atoms with Gasteiger partial charge in [0.1, 0.15) is 12.4 Å². The number of esters is 1. The molecule has 18 heavy (non-hydrogen) atoms. The Kier molecular flexibility index (Phi) is 3.52. The van der Waals surface area contributed by atoms with Crippen molar-refractivity contribution in [1.82, 2.24) is 4.98 Å². The second kappa shape index (κ2) is 5.27. The molecule has 1 aromatic carbocycles. The van der Waals surface area contributed by atoms with Crippen LogP contribution in [0, 0.1) is 5.82 Å². The van der Waals surface area contributed by atoms with Gasteiger partial charge in [0.05, 0.1) is 5.56 Å². The van der Waals surface area contributed by atoms with Crippen molar-refractivity contribution >= 4 is 11.7 Å². The topological polar surface area (TPSA) is 65.2 Å². The van der Waals surface area contributed by atoms with Gasteiger partial charge in [0.15, 0.2) is 0 Å². The minimum atomic E-state index is -0.613. The highest BCUT2D eigenvalue weighted by Crippen LogP contribution is 2.12. The molecule has 0 saturated carbocycles. The third kappa shape index (κ3) is 3.04. The van der Waals surface area contributed by atoms with Gasteiger partial charge in [-0.2, -0.15) is 0 Å². The zero-order chi connectivity index (χ0) is 13.0. The van der Waals surface area contributed by atoms with Crippen LogP contribution < -0.4 is 5.73 Å². The molecule has 0 aliphatic heterocycles. The molecule has 2 N–H and O–H groups in total. The number of hydrogen-bond donors (Lipinski definition) is 1. The number of aromatic nitrogens is 1. The molecule has 2 aromatic rings. The average molecular weight is 246 g/mol. The number of halogens is 1. The molecule has 2 rings (SSSR count). The van der Waals surface area contributed by atoms with Crippen molar-refractivity contribution in [2.24, 2.45) is 0 Å². The number of nitrogens with zero attached hydrogens (tertiary/aromatic N) is 1. The number of benzene rings is 1. The Morgan fingerprint density at radius 1 is 1.28 bits per heavy atom. The lowest BCUT2D eigenvalue weighted by atomic mass is 10.2. The molecule has 0 atom stereocenters. The van der Waals surface area contributed by atoms with Gasteiger partial charge in [-0.15, -0.1) is 0 Å². The summed E-state index contributed by atoms with van der Waals surface area (Å²) in [5, 5.41) is 0. The quantitative estimate of drug-likeness (QED) is 0.665. The summed E-state index contributed by atoms with van der Waals surface area (Å²) in [6.45, 7) is 0.109. The predicted octanol–water partition coefficient (Wildman–Crippen LogP) is 2.16. The van der Waals surface area contributed by atoms with Gasteiger partial charge < -0.3 is 10.5 Å². The molecule has 0 fully saturated rings. The lowest BCUT2D eigenvalue weighted by Gasteiger charge is -2.05. The Bertz CT molecular complexity index is 538. The van der Waals surface area contributed by atoms with Gasteiger partial charge in [0.2, 0.25) is 0 Å². The van der Waals surface area contributed by atoms with Crippen molar-refractivity contribution in [3.63, 3.8) is 0 Å². The zero-order valence-electron chi connectivity index (χ0n) is 9.47. The third-order valence-electron chi connectivity index (χ3n) is 2.28. The highest BCUT2D eigenvalue weighted by molar-refractivity contribution is 5.90. The van der Waals surface area contributed by atoms with E-state index in [9.17, 15) is 9.18 Å². The highest BCUT2D eigenvalue weighted by atomic mass is 19.1. The van der Waals surface area contributed by atoms with Crippen molar-refractivity contribution in [1.29, 1.82) is 0 Å². The fourth-order valence-electron chi connectivity index (χ4n) is 1.44. The molecule has 0 saturated heterocycles. The summed E-state index contributed by atoms with van der Waals surface area (Å²) in [4.78, 5) is 15.5. The van der Waals surface area contributed by atoms with E-state index < -0.39 is 11.8 Å². The Balaban J connectivity index is 2.04. The number of hydrogen-bond acceptors (Lipinski definition) is 4. The van der Waals surface area contributed by atoms with Gasteiger partial charge in [-0.1, -0.05) is 0 Å². The molecule has 1 heterocycles. The van der Waals surface area contributed by atoms with E-state index in [-0.39, 0.29) is 17.9 Å². The first kappa shape index (κ1) is 12.0. The van der Waals surface area contributed by atoms with Gasteiger partial charge in [0, 0.05) is 18.1 Å². The van der Waals surface area contributed by atoms with Crippen LogP contribution in [0.5, 0.6) is 0 Å². The molecule has 0 unspecified atom stereocenters. The summed E-state index contributed by atoms with van der Waals surface area (Å²) < 4.78 is 18.1. The van der Waals surface area contributed by atoms with Crippen LogP contribution >= 0.6 is 0 Å². The van der Waals surface area contributed by atoms with Gasteiger partial charge in [0.25, 0.3) is 0 Å². The maximum atomic E-state index is 13.1. The minimum Gasteiger partial charge on any atom is -0.457 e. The third-order valence-corrected chi connectivity index (χ3v) is 2.28. The number of pyridine rings is 1. The summed E-state index contributed by atoms with van der Waals surface area (Å²) in [5.74, 6) is -1.18. The van der Waals surface area contributed by atoms with Crippen LogP contribution in [0.25, 0.3) is 0 Å². The Morgan fingerprint density at radius 2 is 2.00 bits per heavy atom. The number of anilines is 1. The first-order chi connectivity index (χ1) is 8.65. The molecular formula is C13H11FN2O2. The maximum absolute atomic E-state index is 13.1. The van der Waals surface area contributed by atoms with E-state index in [4.69, 9.17) is 10.5 Å². The van der Waals surface area contributed by atoms with Gasteiger partial charge in [-0.3, -0.25) is 4.98 Å². The predicted molar refractivity (Wildman–Crippen MR) is 64.2 cm³/mol. The van der Waals surface area contributed by atoms with E-state index in [1.165, 1.54) is 6.07 Å². The Morgan fingerprint density at radius 3 is 2.67 bits per heavy atom. The number of carbonyl (C=O) groups is 1. The summed E-state index contributed by atoms with van der Waals surface area (Å²) in [5.41, 5.74) is 6.54. The molecule has 1 aromatic heterocycles. The molecule has 92 valence electrons. The molecular weight excluding hydrogens is 235 g/mol. The molecule has 0 bridgehead atoms. The normalized spacial score (nSPS) is 10.1. The van der Waals surface area contributed by atoms with Crippen molar-refractivity contribution in [3.05, 3.63) is 59.7 Å². The molecule has 0 amide bonds. The summed E-state index contributed by atoms with van der Waals surface area (Å²) >= 11 is 0. The molecule has 0 radical (unpaired) electrons.